The minimum Gasteiger partial charge on any atom is -0.469 e. The smallest absolute Gasteiger partial charge is 0.306 e. The molecule has 5 heteroatoms. The standard InChI is InChI=1S/C19H24N2O3/c1-3-6-14(12-19(23)24-2)11-18(22)20-10-9-15-13-21-17-8-5-4-7-16(15)17/h3-8,13-14,21H,9-12H2,1-2H3,(H,20,22). The molecule has 0 fully saturated rings. The number of amides is 1. The predicted molar refractivity (Wildman–Crippen MR) is 94.6 cm³/mol. The monoisotopic (exact) mass is 328 g/mol. The van der Waals surface area contributed by atoms with E-state index in [9.17, 15) is 9.59 Å². The second-order valence-corrected chi connectivity index (χ2v) is 5.73. The SMILES string of the molecule is CC=CC(CC(=O)NCCc1c[nH]c2ccccc12)CC(=O)OC. The van der Waals surface area contributed by atoms with Crippen LogP contribution in [0.4, 0.5) is 0 Å². The molecule has 1 aromatic carbocycles. The molecule has 2 rings (SSSR count). The van der Waals surface area contributed by atoms with Crippen LogP contribution in [0.1, 0.15) is 25.3 Å². The molecule has 0 aliphatic heterocycles. The number of benzene rings is 1. The van der Waals surface area contributed by atoms with Gasteiger partial charge in [-0.3, -0.25) is 9.59 Å². The summed E-state index contributed by atoms with van der Waals surface area (Å²) in [5, 5.41) is 4.11. The van der Waals surface area contributed by atoms with Gasteiger partial charge in [-0.05, 0) is 30.9 Å². The normalized spacial score (nSPS) is 12.4. The number of methoxy groups -OCH3 is 1. The fourth-order valence-electron chi connectivity index (χ4n) is 2.76. The summed E-state index contributed by atoms with van der Waals surface area (Å²) in [5.41, 5.74) is 2.29. The molecule has 1 amide bonds. The van der Waals surface area contributed by atoms with Crippen LogP contribution in [-0.2, 0) is 20.7 Å². The van der Waals surface area contributed by atoms with Gasteiger partial charge in [0.15, 0.2) is 0 Å². The molecular formula is C19H24N2O3. The number of carbonyl (C=O) groups is 2. The quantitative estimate of drug-likeness (QED) is 0.578. The number of allylic oxidation sites excluding steroid dienone is 2. The minimum absolute atomic E-state index is 0.0538. The predicted octanol–water partition coefficient (Wildman–Crippen LogP) is 2.97. The van der Waals surface area contributed by atoms with Crippen molar-refractivity contribution >= 4 is 22.8 Å². The van der Waals surface area contributed by atoms with Crippen molar-refractivity contribution < 1.29 is 14.3 Å². The van der Waals surface area contributed by atoms with Crippen molar-refractivity contribution in [3.63, 3.8) is 0 Å². The van der Waals surface area contributed by atoms with Gasteiger partial charge in [0.1, 0.15) is 0 Å². The van der Waals surface area contributed by atoms with Crippen molar-refractivity contribution in [2.75, 3.05) is 13.7 Å². The highest BCUT2D eigenvalue weighted by Gasteiger charge is 2.15. The first-order valence-corrected chi connectivity index (χ1v) is 8.15. The summed E-state index contributed by atoms with van der Waals surface area (Å²) < 4.78 is 4.67. The highest BCUT2D eigenvalue weighted by atomic mass is 16.5. The lowest BCUT2D eigenvalue weighted by molar-refractivity contribution is -0.141. The number of fused-ring (bicyclic) bond motifs is 1. The summed E-state index contributed by atoms with van der Waals surface area (Å²) in [7, 11) is 1.36. The van der Waals surface area contributed by atoms with Crippen LogP contribution in [0.25, 0.3) is 10.9 Å². The molecular weight excluding hydrogens is 304 g/mol. The highest BCUT2D eigenvalue weighted by Crippen LogP contribution is 2.17. The second kappa shape index (κ2) is 8.91. The van der Waals surface area contributed by atoms with Gasteiger partial charge >= 0.3 is 5.97 Å². The Kier molecular flexibility index (Phi) is 6.61. The largest absolute Gasteiger partial charge is 0.469 e. The van der Waals surface area contributed by atoms with Crippen LogP contribution in [0.3, 0.4) is 0 Å². The van der Waals surface area contributed by atoms with Crippen LogP contribution in [0.15, 0.2) is 42.6 Å². The van der Waals surface area contributed by atoms with E-state index in [1.807, 2.05) is 43.5 Å². The maximum atomic E-state index is 12.1. The van der Waals surface area contributed by atoms with E-state index in [0.29, 0.717) is 6.54 Å². The second-order valence-electron chi connectivity index (χ2n) is 5.73. The number of ether oxygens (including phenoxy) is 1. The van der Waals surface area contributed by atoms with Crippen LogP contribution in [-0.4, -0.2) is 30.5 Å². The average molecular weight is 328 g/mol. The number of para-hydroxylation sites is 1. The third-order valence-electron chi connectivity index (χ3n) is 3.96. The topological polar surface area (TPSA) is 71.2 Å². The van der Waals surface area contributed by atoms with Crippen LogP contribution in [0, 0.1) is 5.92 Å². The molecule has 0 radical (unpaired) electrons. The van der Waals surface area contributed by atoms with Gasteiger partial charge in [-0.25, -0.2) is 0 Å². The molecule has 0 aliphatic rings. The van der Waals surface area contributed by atoms with Crippen LogP contribution in [0.5, 0.6) is 0 Å². The van der Waals surface area contributed by atoms with Crippen molar-refractivity contribution in [1.29, 1.82) is 0 Å². The van der Waals surface area contributed by atoms with Crippen molar-refractivity contribution in [3.8, 4) is 0 Å². The average Bonchev–Trinajstić information content (AvgIpc) is 2.98. The molecule has 0 aliphatic carbocycles. The summed E-state index contributed by atoms with van der Waals surface area (Å²) in [5.74, 6) is -0.484. The van der Waals surface area contributed by atoms with E-state index in [1.165, 1.54) is 18.1 Å². The molecule has 1 aromatic heterocycles. The van der Waals surface area contributed by atoms with Gasteiger partial charge in [-0.15, -0.1) is 0 Å². The lowest BCUT2D eigenvalue weighted by atomic mass is 10.0. The Balaban J connectivity index is 1.82. The lowest BCUT2D eigenvalue weighted by Crippen LogP contribution is -2.28. The van der Waals surface area contributed by atoms with Gasteiger partial charge in [0.05, 0.1) is 13.5 Å². The molecule has 128 valence electrons. The Morgan fingerprint density at radius 3 is 2.83 bits per heavy atom. The molecule has 1 heterocycles. The summed E-state index contributed by atoms with van der Waals surface area (Å²) in [6, 6.07) is 8.10. The first-order valence-electron chi connectivity index (χ1n) is 8.15. The van der Waals surface area contributed by atoms with E-state index < -0.39 is 0 Å². The zero-order chi connectivity index (χ0) is 17.4. The Morgan fingerprint density at radius 2 is 2.08 bits per heavy atom. The Labute approximate surface area is 142 Å². The van der Waals surface area contributed by atoms with Crippen molar-refractivity contribution in [2.45, 2.75) is 26.2 Å². The van der Waals surface area contributed by atoms with E-state index in [-0.39, 0.29) is 30.6 Å². The first kappa shape index (κ1) is 17.8. The van der Waals surface area contributed by atoms with Crippen LogP contribution in [0.2, 0.25) is 0 Å². The molecule has 2 aromatic rings. The summed E-state index contributed by atoms with van der Waals surface area (Å²) in [4.78, 5) is 26.7. The van der Waals surface area contributed by atoms with E-state index >= 15 is 0 Å². The highest BCUT2D eigenvalue weighted by molar-refractivity contribution is 5.83. The molecule has 0 spiro atoms. The van der Waals surface area contributed by atoms with Gasteiger partial charge < -0.3 is 15.0 Å². The van der Waals surface area contributed by atoms with E-state index in [4.69, 9.17) is 0 Å². The number of hydrogen-bond acceptors (Lipinski definition) is 3. The Morgan fingerprint density at radius 1 is 1.29 bits per heavy atom. The van der Waals surface area contributed by atoms with E-state index in [2.05, 4.69) is 21.1 Å². The van der Waals surface area contributed by atoms with Gasteiger partial charge in [-0.2, -0.15) is 0 Å². The molecule has 1 atom stereocenters. The molecule has 24 heavy (non-hydrogen) atoms. The van der Waals surface area contributed by atoms with Gasteiger partial charge in [0.2, 0.25) is 5.91 Å². The summed E-state index contributed by atoms with van der Waals surface area (Å²) in [6.07, 6.45) is 6.98. The molecule has 0 bridgehead atoms. The number of hydrogen-bond donors (Lipinski definition) is 2. The van der Waals surface area contributed by atoms with Crippen LogP contribution < -0.4 is 5.32 Å². The molecule has 2 N–H and O–H groups in total. The molecule has 0 saturated carbocycles. The number of aromatic amines is 1. The Bertz CT molecular complexity index is 718. The van der Waals surface area contributed by atoms with Crippen molar-refractivity contribution in [1.82, 2.24) is 10.3 Å². The maximum absolute atomic E-state index is 12.1. The van der Waals surface area contributed by atoms with Crippen molar-refractivity contribution in [3.05, 3.63) is 48.2 Å². The van der Waals surface area contributed by atoms with E-state index in [0.717, 1.165) is 11.9 Å². The van der Waals surface area contributed by atoms with Gasteiger partial charge in [-0.1, -0.05) is 30.4 Å². The lowest BCUT2D eigenvalue weighted by Gasteiger charge is -2.11. The van der Waals surface area contributed by atoms with Crippen LogP contribution >= 0.6 is 0 Å². The molecule has 5 nitrogen and oxygen atoms in total. The first-order chi connectivity index (χ1) is 11.6. The number of esters is 1. The maximum Gasteiger partial charge on any atom is 0.306 e. The fourth-order valence-corrected chi connectivity index (χ4v) is 2.76. The molecule has 1 unspecified atom stereocenters. The third-order valence-corrected chi connectivity index (χ3v) is 3.96. The number of rotatable bonds is 8. The van der Waals surface area contributed by atoms with Gasteiger partial charge in [0, 0.05) is 30.1 Å². The summed E-state index contributed by atoms with van der Waals surface area (Å²) >= 11 is 0. The van der Waals surface area contributed by atoms with E-state index in [1.54, 1.807) is 0 Å². The fraction of sp³-hybridized carbons (Fsp3) is 0.368. The number of H-pyrrole nitrogens is 1. The Hall–Kier alpha value is -2.56. The third kappa shape index (κ3) is 4.98. The number of nitrogens with one attached hydrogen (secondary N) is 2. The number of aromatic nitrogens is 1. The molecule has 0 saturated heterocycles. The summed E-state index contributed by atoms with van der Waals surface area (Å²) in [6.45, 7) is 2.45. The zero-order valence-electron chi connectivity index (χ0n) is 14.2. The van der Waals surface area contributed by atoms with Crippen molar-refractivity contribution in [2.24, 2.45) is 5.92 Å². The zero-order valence-corrected chi connectivity index (χ0v) is 14.2. The number of carbonyl (C=O) groups excluding carboxylic acids is 2. The van der Waals surface area contributed by atoms with Gasteiger partial charge in [0.25, 0.3) is 0 Å². The minimum atomic E-state index is -0.301.